The summed E-state index contributed by atoms with van der Waals surface area (Å²) in [5.74, 6) is 0. The number of halogens is 1. The molecule has 1 aromatic rings. The molecule has 0 saturated carbocycles. The van der Waals surface area contributed by atoms with Gasteiger partial charge in [0.2, 0.25) is 10.0 Å². The second-order valence-electron chi connectivity index (χ2n) is 3.80. The van der Waals surface area contributed by atoms with Crippen LogP contribution in [0.3, 0.4) is 0 Å². The standard InChI is InChI=1S/C11H17BrN2O2S/c1-2-3-10(8-13)14-17(15,16)11-6-4-9(12)5-7-11/h4-7,10,14H,2-3,8,13H2,1H3. The maximum Gasteiger partial charge on any atom is 0.240 e. The molecule has 0 spiro atoms. The summed E-state index contributed by atoms with van der Waals surface area (Å²) in [5.41, 5.74) is 5.53. The minimum absolute atomic E-state index is 0.200. The summed E-state index contributed by atoms with van der Waals surface area (Å²) in [5, 5.41) is 0. The lowest BCUT2D eigenvalue weighted by Gasteiger charge is -2.16. The van der Waals surface area contributed by atoms with E-state index in [-0.39, 0.29) is 10.9 Å². The number of rotatable bonds is 6. The second kappa shape index (κ2) is 6.49. The highest BCUT2D eigenvalue weighted by atomic mass is 79.9. The average Bonchev–Trinajstić information content (AvgIpc) is 2.28. The van der Waals surface area contributed by atoms with Crippen LogP contribution in [0.15, 0.2) is 33.6 Å². The molecule has 4 nitrogen and oxygen atoms in total. The molecule has 0 saturated heterocycles. The summed E-state index contributed by atoms with van der Waals surface area (Å²) in [6.45, 7) is 2.31. The zero-order valence-electron chi connectivity index (χ0n) is 9.69. The highest BCUT2D eigenvalue weighted by molar-refractivity contribution is 9.10. The van der Waals surface area contributed by atoms with Crippen molar-refractivity contribution in [3.8, 4) is 0 Å². The number of sulfonamides is 1. The van der Waals surface area contributed by atoms with Crippen LogP contribution in [0.5, 0.6) is 0 Å². The Balaban J connectivity index is 2.84. The SMILES string of the molecule is CCCC(CN)NS(=O)(=O)c1ccc(Br)cc1. The molecule has 0 bridgehead atoms. The average molecular weight is 321 g/mol. The summed E-state index contributed by atoms with van der Waals surface area (Å²) < 4.78 is 27.5. The minimum Gasteiger partial charge on any atom is -0.329 e. The first-order valence-corrected chi connectivity index (χ1v) is 7.75. The normalized spacial score (nSPS) is 13.6. The van der Waals surface area contributed by atoms with E-state index in [0.29, 0.717) is 6.54 Å². The predicted octanol–water partition coefficient (Wildman–Crippen LogP) is 1.85. The molecule has 0 heterocycles. The Morgan fingerprint density at radius 3 is 2.41 bits per heavy atom. The van der Waals surface area contributed by atoms with E-state index in [1.807, 2.05) is 6.92 Å². The molecule has 0 aliphatic carbocycles. The van der Waals surface area contributed by atoms with Gasteiger partial charge in [0.15, 0.2) is 0 Å². The first-order valence-electron chi connectivity index (χ1n) is 5.47. The van der Waals surface area contributed by atoms with Gasteiger partial charge in [0.1, 0.15) is 0 Å². The summed E-state index contributed by atoms with van der Waals surface area (Å²) >= 11 is 3.27. The van der Waals surface area contributed by atoms with E-state index < -0.39 is 10.0 Å². The van der Waals surface area contributed by atoms with Crippen molar-refractivity contribution < 1.29 is 8.42 Å². The number of benzene rings is 1. The van der Waals surface area contributed by atoms with Gasteiger partial charge < -0.3 is 5.73 Å². The fourth-order valence-corrected chi connectivity index (χ4v) is 3.02. The molecule has 1 rings (SSSR count). The van der Waals surface area contributed by atoms with Gasteiger partial charge in [-0.3, -0.25) is 0 Å². The molecule has 0 aliphatic rings. The molecule has 1 unspecified atom stereocenters. The molecule has 6 heteroatoms. The van der Waals surface area contributed by atoms with Gasteiger partial charge in [0.05, 0.1) is 4.90 Å². The fraction of sp³-hybridized carbons (Fsp3) is 0.455. The lowest BCUT2D eigenvalue weighted by atomic mass is 10.2. The van der Waals surface area contributed by atoms with Gasteiger partial charge in [0.25, 0.3) is 0 Å². The van der Waals surface area contributed by atoms with Crippen LogP contribution >= 0.6 is 15.9 Å². The van der Waals surface area contributed by atoms with Gasteiger partial charge in [-0.25, -0.2) is 13.1 Å². The highest BCUT2D eigenvalue weighted by Crippen LogP contribution is 2.15. The smallest absolute Gasteiger partial charge is 0.240 e. The molecule has 0 aromatic heterocycles. The summed E-state index contributed by atoms with van der Waals surface area (Å²) in [4.78, 5) is 0.259. The number of hydrogen-bond acceptors (Lipinski definition) is 3. The Labute approximate surface area is 111 Å². The Morgan fingerprint density at radius 1 is 1.35 bits per heavy atom. The Morgan fingerprint density at radius 2 is 1.94 bits per heavy atom. The van der Waals surface area contributed by atoms with Gasteiger partial charge in [-0.1, -0.05) is 29.3 Å². The van der Waals surface area contributed by atoms with Crippen LogP contribution in [0, 0.1) is 0 Å². The summed E-state index contributed by atoms with van der Waals surface area (Å²) in [6, 6.07) is 6.32. The predicted molar refractivity (Wildman–Crippen MR) is 72.2 cm³/mol. The zero-order chi connectivity index (χ0) is 12.9. The van der Waals surface area contributed by atoms with E-state index in [1.165, 1.54) is 0 Å². The molecule has 0 aliphatic heterocycles. The van der Waals surface area contributed by atoms with E-state index in [1.54, 1.807) is 24.3 Å². The van der Waals surface area contributed by atoms with Crippen molar-refractivity contribution in [2.45, 2.75) is 30.7 Å². The molecule has 17 heavy (non-hydrogen) atoms. The first kappa shape index (κ1) is 14.6. The maximum atomic E-state index is 12.0. The van der Waals surface area contributed by atoms with Crippen LogP contribution in [0.1, 0.15) is 19.8 Å². The van der Waals surface area contributed by atoms with Crippen molar-refractivity contribution in [1.29, 1.82) is 0 Å². The van der Waals surface area contributed by atoms with Crippen molar-refractivity contribution in [1.82, 2.24) is 4.72 Å². The Bertz CT molecular complexity index is 445. The van der Waals surface area contributed by atoms with Crippen molar-refractivity contribution in [3.63, 3.8) is 0 Å². The quantitative estimate of drug-likeness (QED) is 0.840. The molecule has 0 fully saturated rings. The lowest BCUT2D eigenvalue weighted by Crippen LogP contribution is -2.39. The molecule has 0 radical (unpaired) electrons. The van der Waals surface area contributed by atoms with E-state index in [9.17, 15) is 8.42 Å². The minimum atomic E-state index is -3.46. The number of hydrogen-bond donors (Lipinski definition) is 2. The van der Waals surface area contributed by atoms with Gasteiger partial charge in [-0.15, -0.1) is 0 Å². The van der Waals surface area contributed by atoms with E-state index >= 15 is 0 Å². The third kappa shape index (κ3) is 4.39. The molecule has 1 atom stereocenters. The van der Waals surface area contributed by atoms with E-state index in [0.717, 1.165) is 17.3 Å². The van der Waals surface area contributed by atoms with Gasteiger partial charge >= 0.3 is 0 Å². The number of nitrogens with one attached hydrogen (secondary N) is 1. The second-order valence-corrected chi connectivity index (χ2v) is 6.43. The van der Waals surface area contributed by atoms with Crippen LogP contribution in [0.4, 0.5) is 0 Å². The highest BCUT2D eigenvalue weighted by Gasteiger charge is 2.18. The van der Waals surface area contributed by atoms with Crippen molar-refractivity contribution in [2.75, 3.05) is 6.54 Å². The van der Waals surface area contributed by atoms with E-state index in [2.05, 4.69) is 20.7 Å². The fourth-order valence-electron chi connectivity index (χ4n) is 1.47. The topological polar surface area (TPSA) is 72.2 Å². The molecule has 96 valence electrons. The Kier molecular flexibility index (Phi) is 5.58. The molecular formula is C11H17BrN2O2S. The van der Waals surface area contributed by atoms with Crippen LogP contribution < -0.4 is 10.5 Å². The van der Waals surface area contributed by atoms with E-state index in [4.69, 9.17) is 5.73 Å². The lowest BCUT2D eigenvalue weighted by molar-refractivity contribution is 0.527. The van der Waals surface area contributed by atoms with Crippen LogP contribution in [-0.2, 0) is 10.0 Å². The van der Waals surface area contributed by atoms with Crippen LogP contribution in [0.2, 0.25) is 0 Å². The van der Waals surface area contributed by atoms with Gasteiger partial charge in [-0.05, 0) is 30.7 Å². The van der Waals surface area contributed by atoms with Crippen LogP contribution in [0.25, 0.3) is 0 Å². The largest absolute Gasteiger partial charge is 0.329 e. The van der Waals surface area contributed by atoms with Crippen molar-refractivity contribution in [3.05, 3.63) is 28.7 Å². The van der Waals surface area contributed by atoms with Crippen LogP contribution in [-0.4, -0.2) is 21.0 Å². The zero-order valence-corrected chi connectivity index (χ0v) is 12.1. The summed E-state index contributed by atoms with van der Waals surface area (Å²) in [6.07, 6.45) is 1.64. The van der Waals surface area contributed by atoms with Gasteiger partial charge in [-0.2, -0.15) is 0 Å². The third-order valence-electron chi connectivity index (χ3n) is 2.37. The Hall–Kier alpha value is -0.430. The van der Waals surface area contributed by atoms with Gasteiger partial charge in [0, 0.05) is 17.1 Å². The maximum absolute atomic E-state index is 12.0. The van der Waals surface area contributed by atoms with Crippen molar-refractivity contribution >= 4 is 26.0 Å². The monoisotopic (exact) mass is 320 g/mol. The molecular weight excluding hydrogens is 304 g/mol. The number of nitrogens with two attached hydrogens (primary N) is 1. The molecule has 1 aromatic carbocycles. The first-order chi connectivity index (χ1) is 7.99. The molecule has 3 N–H and O–H groups in total. The van der Waals surface area contributed by atoms with Crippen molar-refractivity contribution in [2.24, 2.45) is 5.73 Å². The summed E-state index contributed by atoms with van der Waals surface area (Å²) in [7, 11) is -3.46. The molecule has 0 amide bonds. The third-order valence-corrected chi connectivity index (χ3v) is 4.43.